The van der Waals surface area contributed by atoms with Gasteiger partial charge >= 0.3 is 0 Å². The van der Waals surface area contributed by atoms with Crippen molar-refractivity contribution < 1.29 is 4.79 Å². The van der Waals surface area contributed by atoms with E-state index in [1.807, 2.05) is 30.1 Å². The highest BCUT2D eigenvalue weighted by Gasteiger charge is 2.24. The van der Waals surface area contributed by atoms with Crippen molar-refractivity contribution in [3.63, 3.8) is 0 Å². The Balaban J connectivity index is 2.31. The molecule has 0 aliphatic carbocycles. The van der Waals surface area contributed by atoms with E-state index in [9.17, 15) is 4.79 Å². The van der Waals surface area contributed by atoms with Crippen LogP contribution in [-0.4, -0.2) is 29.3 Å². The van der Waals surface area contributed by atoms with Gasteiger partial charge in [0.2, 0.25) is 0 Å². The molecule has 4 nitrogen and oxygen atoms in total. The first-order chi connectivity index (χ1) is 7.65. The van der Waals surface area contributed by atoms with E-state index >= 15 is 0 Å². The molecule has 0 spiro atoms. The topological polar surface area (TPSA) is 62.1 Å². The molecule has 0 saturated carbocycles. The van der Waals surface area contributed by atoms with Crippen LogP contribution in [0.4, 0.5) is 5.69 Å². The summed E-state index contributed by atoms with van der Waals surface area (Å²) in [6.45, 7) is 1.28. The number of rotatable bonds is 0. The van der Waals surface area contributed by atoms with Crippen molar-refractivity contribution in [2.75, 3.05) is 19.3 Å². The molecule has 0 fully saturated rings. The van der Waals surface area contributed by atoms with Gasteiger partial charge < -0.3 is 10.7 Å². The summed E-state index contributed by atoms with van der Waals surface area (Å²) in [6.07, 6.45) is 0. The largest absolute Gasteiger partial charge is 0.399 e. The van der Waals surface area contributed by atoms with Gasteiger partial charge in [0, 0.05) is 28.7 Å². The number of nitrogens with one attached hydrogen (secondary N) is 1. The number of likely N-dealkylation sites (N-methyl/N-ethyl adjacent to an activating group) is 1. The van der Waals surface area contributed by atoms with E-state index in [1.165, 1.54) is 0 Å². The molecule has 0 atom stereocenters. The maximum Gasteiger partial charge on any atom is 0.193 e. The quantitative estimate of drug-likeness (QED) is 0.652. The highest BCUT2D eigenvalue weighted by molar-refractivity contribution is 6.04. The number of Topliss-reactive ketones (excluding diaryl/α,β-unsaturated/α-hetero) is 1. The molecule has 2 heterocycles. The Morgan fingerprint density at radius 1 is 1.38 bits per heavy atom. The van der Waals surface area contributed by atoms with Crippen LogP contribution in [0.5, 0.6) is 0 Å². The Bertz CT molecular complexity index is 585. The Morgan fingerprint density at radius 3 is 3.00 bits per heavy atom. The number of aromatic amines is 1. The fourth-order valence-electron chi connectivity index (χ4n) is 2.32. The molecule has 2 aromatic rings. The molecule has 1 aliphatic rings. The third-order valence-electron chi connectivity index (χ3n) is 3.05. The third kappa shape index (κ3) is 1.23. The molecule has 3 rings (SSSR count). The predicted molar refractivity (Wildman–Crippen MR) is 63.4 cm³/mol. The number of carbonyl (C=O) groups is 1. The Labute approximate surface area is 93.0 Å². The number of hydrogen-bond acceptors (Lipinski definition) is 3. The summed E-state index contributed by atoms with van der Waals surface area (Å²) in [5.41, 5.74) is 9.31. The molecule has 1 aliphatic heterocycles. The summed E-state index contributed by atoms with van der Waals surface area (Å²) < 4.78 is 0. The van der Waals surface area contributed by atoms with E-state index in [0.717, 1.165) is 34.4 Å². The summed E-state index contributed by atoms with van der Waals surface area (Å²) in [5, 5.41) is 1.06. The van der Waals surface area contributed by atoms with E-state index in [0.29, 0.717) is 6.54 Å². The molecule has 82 valence electrons. The van der Waals surface area contributed by atoms with Crippen molar-refractivity contribution in [1.29, 1.82) is 0 Å². The monoisotopic (exact) mass is 215 g/mol. The number of nitrogens with zero attached hydrogens (tertiary/aromatic N) is 1. The van der Waals surface area contributed by atoms with Crippen LogP contribution in [0.15, 0.2) is 18.2 Å². The number of carbonyl (C=O) groups excluding carboxylic acids is 1. The molecule has 1 aromatic heterocycles. The molecule has 3 N–H and O–H groups in total. The first kappa shape index (κ1) is 9.42. The standard InChI is InChI=1S/C12H13N3O/c1-15-5-9-8-4-7(13)2-3-10(8)14-12(9)11(16)6-15/h2-4,14H,5-6,13H2,1H3. The van der Waals surface area contributed by atoms with E-state index in [2.05, 4.69) is 4.98 Å². The Kier molecular flexibility index (Phi) is 1.82. The lowest BCUT2D eigenvalue weighted by Gasteiger charge is -2.21. The second kappa shape index (κ2) is 3.09. The highest BCUT2D eigenvalue weighted by Crippen LogP contribution is 2.28. The average molecular weight is 215 g/mol. The number of hydrogen-bond donors (Lipinski definition) is 2. The van der Waals surface area contributed by atoms with Crippen molar-refractivity contribution in [3.05, 3.63) is 29.5 Å². The maximum absolute atomic E-state index is 11.8. The minimum atomic E-state index is 0.151. The van der Waals surface area contributed by atoms with Crippen LogP contribution in [-0.2, 0) is 6.54 Å². The summed E-state index contributed by atoms with van der Waals surface area (Å²) in [6, 6.07) is 5.70. The summed E-state index contributed by atoms with van der Waals surface area (Å²) in [4.78, 5) is 17.0. The lowest BCUT2D eigenvalue weighted by molar-refractivity contribution is 0.0919. The van der Waals surface area contributed by atoms with Crippen LogP contribution >= 0.6 is 0 Å². The average Bonchev–Trinajstić information content (AvgIpc) is 2.57. The zero-order valence-corrected chi connectivity index (χ0v) is 9.08. The van der Waals surface area contributed by atoms with Crippen LogP contribution in [0.2, 0.25) is 0 Å². The molecular formula is C12H13N3O. The number of nitrogens with two attached hydrogens (primary N) is 1. The zero-order valence-electron chi connectivity index (χ0n) is 9.08. The van der Waals surface area contributed by atoms with Crippen molar-refractivity contribution in [1.82, 2.24) is 9.88 Å². The molecule has 0 saturated heterocycles. The van der Waals surface area contributed by atoms with E-state index in [4.69, 9.17) is 5.73 Å². The fourth-order valence-corrected chi connectivity index (χ4v) is 2.32. The smallest absolute Gasteiger partial charge is 0.193 e. The normalized spacial score (nSPS) is 16.7. The molecule has 4 heteroatoms. The number of benzene rings is 1. The number of aromatic nitrogens is 1. The van der Waals surface area contributed by atoms with Gasteiger partial charge in [0.25, 0.3) is 0 Å². The fraction of sp³-hybridized carbons (Fsp3) is 0.250. The van der Waals surface area contributed by atoms with Crippen molar-refractivity contribution >= 4 is 22.4 Å². The van der Waals surface area contributed by atoms with E-state index in [1.54, 1.807) is 0 Å². The SMILES string of the molecule is CN1CC(=O)c2[nH]c3ccc(N)cc3c2C1. The van der Waals surface area contributed by atoms with Gasteiger partial charge in [0.05, 0.1) is 12.2 Å². The van der Waals surface area contributed by atoms with Crippen LogP contribution < -0.4 is 5.73 Å². The number of nitrogen functional groups attached to an aromatic ring is 1. The van der Waals surface area contributed by atoms with Crippen molar-refractivity contribution in [2.24, 2.45) is 0 Å². The first-order valence-corrected chi connectivity index (χ1v) is 5.27. The van der Waals surface area contributed by atoms with E-state index < -0.39 is 0 Å². The van der Waals surface area contributed by atoms with Gasteiger partial charge in [0.15, 0.2) is 5.78 Å². The van der Waals surface area contributed by atoms with Gasteiger partial charge in [-0.2, -0.15) is 0 Å². The molecule has 0 bridgehead atoms. The number of anilines is 1. The minimum Gasteiger partial charge on any atom is -0.399 e. The summed E-state index contributed by atoms with van der Waals surface area (Å²) in [5.74, 6) is 0.151. The number of fused-ring (bicyclic) bond motifs is 3. The first-order valence-electron chi connectivity index (χ1n) is 5.27. The number of ketones is 1. The van der Waals surface area contributed by atoms with Crippen molar-refractivity contribution in [3.8, 4) is 0 Å². The Morgan fingerprint density at radius 2 is 2.19 bits per heavy atom. The minimum absolute atomic E-state index is 0.151. The maximum atomic E-state index is 11.8. The second-order valence-electron chi connectivity index (χ2n) is 4.38. The van der Waals surface area contributed by atoms with Crippen molar-refractivity contribution in [2.45, 2.75) is 6.54 Å². The third-order valence-corrected chi connectivity index (χ3v) is 3.05. The predicted octanol–water partition coefficient (Wildman–Crippen LogP) is 1.38. The molecule has 16 heavy (non-hydrogen) atoms. The van der Waals surface area contributed by atoms with Gasteiger partial charge in [0.1, 0.15) is 0 Å². The summed E-state index contributed by atoms with van der Waals surface area (Å²) >= 11 is 0. The van der Waals surface area contributed by atoms with Gasteiger partial charge in [-0.3, -0.25) is 9.69 Å². The summed E-state index contributed by atoms with van der Waals surface area (Å²) in [7, 11) is 1.95. The second-order valence-corrected chi connectivity index (χ2v) is 4.38. The van der Waals surface area contributed by atoms with Crippen LogP contribution in [0.1, 0.15) is 16.1 Å². The van der Waals surface area contributed by atoms with Crippen LogP contribution in [0, 0.1) is 0 Å². The number of H-pyrrole nitrogens is 1. The molecule has 0 amide bonds. The van der Waals surface area contributed by atoms with Gasteiger partial charge in [-0.1, -0.05) is 0 Å². The molecule has 0 radical (unpaired) electrons. The highest BCUT2D eigenvalue weighted by atomic mass is 16.1. The van der Waals surface area contributed by atoms with Crippen LogP contribution in [0.3, 0.4) is 0 Å². The van der Waals surface area contributed by atoms with Crippen LogP contribution in [0.25, 0.3) is 10.9 Å². The molecule has 1 aromatic carbocycles. The zero-order chi connectivity index (χ0) is 11.3. The molecule has 0 unspecified atom stereocenters. The Hall–Kier alpha value is -1.81. The van der Waals surface area contributed by atoms with Gasteiger partial charge in [-0.25, -0.2) is 0 Å². The van der Waals surface area contributed by atoms with E-state index in [-0.39, 0.29) is 5.78 Å². The molecular weight excluding hydrogens is 202 g/mol. The lowest BCUT2D eigenvalue weighted by atomic mass is 10.0. The lowest BCUT2D eigenvalue weighted by Crippen LogP contribution is -2.31. The van der Waals surface area contributed by atoms with Gasteiger partial charge in [-0.15, -0.1) is 0 Å². The van der Waals surface area contributed by atoms with Gasteiger partial charge in [-0.05, 0) is 25.2 Å².